The molecule has 0 spiro atoms. The van der Waals surface area contributed by atoms with E-state index in [2.05, 4.69) is 21.4 Å². The Labute approximate surface area is 159 Å². The number of hydrogen-bond acceptors (Lipinski definition) is 4. The number of benzene rings is 1. The molecular formula is C22H22N4O. The van der Waals surface area contributed by atoms with Crippen LogP contribution in [0.15, 0.2) is 67.0 Å². The Morgan fingerprint density at radius 2 is 1.78 bits per heavy atom. The Bertz CT molecular complexity index is 921. The van der Waals surface area contributed by atoms with E-state index in [1.54, 1.807) is 6.20 Å². The zero-order chi connectivity index (χ0) is 18.8. The Hall–Kier alpha value is -3.21. The van der Waals surface area contributed by atoms with Gasteiger partial charge in [0.1, 0.15) is 5.82 Å². The highest BCUT2D eigenvalue weighted by atomic mass is 16.2. The number of hydrogen-bond donors (Lipinski definition) is 1. The quantitative estimate of drug-likeness (QED) is 0.750. The predicted octanol–water partition coefficient (Wildman–Crippen LogP) is 3.95. The molecule has 1 aliphatic rings. The van der Waals surface area contributed by atoms with Crippen molar-refractivity contribution >= 4 is 17.4 Å². The van der Waals surface area contributed by atoms with Crippen LogP contribution in [-0.4, -0.2) is 30.0 Å². The fourth-order valence-corrected chi connectivity index (χ4v) is 3.21. The van der Waals surface area contributed by atoms with Crippen LogP contribution in [0.25, 0.3) is 11.1 Å². The molecule has 2 unspecified atom stereocenters. The van der Waals surface area contributed by atoms with Gasteiger partial charge in [0.05, 0.1) is 0 Å². The summed E-state index contributed by atoms with van der Waals surface area (Å²) in [5.41, 5.74) is 3.94. The van der Waals surface area contributed by atoms with Crippen LogP contribution < -0.4 is 10.2 Å². The van der Waals surface area contributed by atoms with Gasteiger partial charge in [0.2, 0.25) is 5.91 Å². The highest BCUT2D eigenvalue weighted by Crippen LogP contribution is 2.47. The van der Waals surface area contributed by atoms with E-state index in [0.29, 0.717) is 0 Å². The lowest BCUT2D eigenvalue weighted by Crippen LogP contribution is -2.14. The number of amides is 1. The summed E-state index contributed by atoms with van der Waals surface area (Å²) >= 11 is 0. The van der Waals surface area contributed by atoms with E-state index in [1.165, 1.54) is 0 Å². The number of aromatic nitrogens is 2. The normalized spacial score (nSPS) is 18.0. The van der Waals surface area contributed by atoms with E-state index in [1.807, 2.05) is 73.7 Å². The van der Waals surface area contributed by atoms with Crippen molar-refractivity contribution < 1.29 is 4.79 Å². The van der Waals surface area contributed by atoms with Crippen LogP contribution in [0.5, 0.6) is 0 Å². The molecular weight excluding hydrogens is 336 g/mol. The lowest BCUT2D eigenvalue weighted by Gasteiger charge is -2.11. The standard InChI is InChI=1S/C22H22N4O/c1-26(2)21-11-8-16(14-24-21)15-6-9-17(10-7-15)25-22(27)19-13-18(19)20-5-3-4-12-23-20/h3-12,14,18-19H,13H2,1-2H3,(H,25,27). The van der Waals surface area contributed by atoms with Crippen LogP contribution in [0.4, 0.5) is 11.5 Å². The highest BCUT2D eigenvalue weighted by molar-refractivity contribution is 5.95. The number of rotatable bonds is 5. The molecule has 0 aliphatic heterocycles. The number of carbonyl (C=O) groups excluding carboxylic acids is 1. The molecule has 1 aromatic carbocycles. The second-order valence-corrected chi connectivity index (χ2v) is 7.07. The van der Waals surface area contributed by atoms with Crippen molar-refractivity contribution in [2.45, 2.75) is 12.3 Å². The minimum absolute atomic E-state index is 0.0161. The van der Waals surface area contributed by atoms with Crippen LogP contribution >= 0.6 is 0 Å². The molecule has 0 radical (unpaired) electrons. The van der Waals surface area contributed by atoms with Gasteiger partial charge in [-0.1, -0.05) is 18.2 Å². The number of anilines is 2. The van der Waals surface area contributed by atoms with Crippen LogP contribution in [-0.2, 0) is 4.79 Å². The van der Waals surface area contributed by atoms with Gasteiger partial charge in [0.25, 0.3) is 0 Å². The predicted molar refractivity (Wildman–Crippen MR) is 108 cm³/mol. The fourth-order valence-electron chi connectivity index (χ4n) is 3.21. The van der Waals surface area contributed by atoms with E-state index in [0.717, 1.165) is 34.7 Å². The van der Waals surface area contributed by atoms with Crippen LogP contribution in [0.2, 0.25) is 0 Å². The van der Waals surface area contributed by atoms with Crippen molar-refractivity contribution in [1.82, 2.24) is 9.97 Å². The summed E-state index contributed by atoms with van der Waals surface area (Å²) in [6, 6.07) is 17.8. The van der Waals surface area contributed by atoms with Gasteiger partial charge >= 0.3 is 0 Å². The second-order valence-electron chi connectivity index (χ2n) is 7.07. The minimum atomic E-state index is 0.0161. The third-order valence-electron chi connectivity index (χ3n) is 4.89. The van der Waals surface area contributed by atoms with E-state index >= 15 is 0 Å². The number of carbonyl (C=O) groups is 1. The number of nitrogens with zero attached hydrogens (tertiary/aromatic N) is 3. The lowest BCUT2D eigenvalue weighted by atomic mass is 10.1. The molecule has 0 saturated heterocycles. The largest absolute Gasteiger partial charge is 0.363 e. The van der Waals surface area contributed by atoms with Crippen molar-refractivity contribution in [2.75, 3.05) is 24.3 Å². The van der Waals surface area contributed by atoms with Gasteiger partial charge in [-0.25, -0.2) is 4.98 Å². The summed E-state index contributed by atoms with van der Waals surface area (Å²) in [6.45, 7) is 0. The number of pyridine rings is 2. The molecule has 27 heavy (non-hydrogen) atoms. The third-order valence-corrected chi connectivity index (χ3v) is 4.89. The average Bonchev–Trinajstić information content (AvgIpc) is 3.50. The van der Waals surface area contributed by atoms with Crippen molar-refractivity contribution in [3.8, 4) is 11.1 Å². The molecule has 1 amide bonds. The number of nitrogens with one attached hydrogen (secondary N) is 1. The van der Waals surface area contributed by atoms with Crippen LogP contribution in [0.3, 0.4) is 0 Å². The van der Waals surface area contributed by atoms with E-state index in [9.17, 15) is 4.79 Å². The Kier molecular flexibility index (Phi) is 4.59. The molecule has 5 heteroatoms. The average molecular weight is 358 g/mol. The molecule has 5 nitrogen and oxygen atoms in total. The fraction of sp³-hybridized carbons (Fsp3) is 0.227. The zero-order valence-electron chi connectivity index (χ0n) is 15.5. The van der Waals surface area contributed by atoms with Crippen molar-refractivity contribution in [1.29, 1.82) is 0 Å². The summed E-state index contributed by atoms with van der Waals surface area (Å²) in [6.07, 6.45) is 4.51. The first-order valence-electron chi connectivity index (χ1n) is 9.07. The minimum Gasteiger partial charge on any atom is -0.363 e. The Morgan fingerprint density at radius 1 is 1.00 bits per heavy atom. The molecule has 1 fully saturated rings. The van der Waals surface area contributed by atoms with Gasteiger partial charge in [0, 0.05) is 55.3 Å². The van der Waals surface area contributed by atoms with Crippen molar-refractivity contribution in [3.63, 3.8) is 0 Å². The van der Waals surface area contributed by atoms with Gasteiger partial charge in [-0.05, 0) is 48.4 Å². The van der Waals surface area contributed by atoms with E-state index in [-0.39, 0.29) is 17.7 Å². The first-order valence-corrected chi connectivity index (χ1v) is 9.07. The maximum atomic E-state index is 12.5. The zero-order valence-corrected chi connectivity index (χ0v) is 15.5. The topological polar surface area (TPSA) is 58.1 Å². The molecule has 1 aliphatic carbocycles. The summed E-state index contributed by atoms with van der Waals surface area (Å²) < 4.78 is 0. The van der Waals surface area contributed by atoms with Gasteiger partial charge in [-0.15, -0.1) is 0 Å². The molecule has 2 atom stereocenters. The molecule has 136 valence electrons. The smallest absolute Gasteiger partial charge is 0.228 e. The highest BCUT2D eigenvalue weighted by Gasteiger charge is 2.44. The summed E-state index contributed by atoms with van der Waals surface area (Å²) in [7, 11) is 3.94. The van der Waals surface area contributed by atoms with E-state index in [4.69, 9.17) is 0 Å². The van der Waals surface area contributed by atoms with E-state index < -0.39 is 0 Å². The monoisotopic (exact) mass is 358 g/mol. The van der Waals surface area contributed by atoms with Crippen LogP contribution in [0, 0.1) is 5.92 Å². The summed E-state index contributed by atoms with van der Waals surface area (Å²) in [4.78, 5) is 23.2. The third kappa shape index (κ3) is 3.82. The van der Waals surface area contributed by atoms with Crippen LogP contribution in [0.1, 0.15) is 18.0 Å². The Morgan fingerprint density at radius 3 is 2.41 bits per heavy atom. The maximum Gasteiger partial charge on any atom is 0.228 e. The summed E-state index contributed by atoms with van der Waals surface area (Å²) in [5, 5.41) is 3.02. The van der Waals surface area contributed by atoms with Crippen molar-refractivity contribution in [3.05, 3.63) is 72.7 Å². The van der Waals surface area contributed by atoms with Gasteiger partial charge in [-0.2, -0.15) is 0 Å². The molecule has 0 bridgehead atoms. The molecule has 1 saturated carbocycles. The molecule has 1 N–H and O–H groups in total. The Balaban J connectivity index is 1.39. The van der Waals surface area contributed by atoms with Crippen molar-refractivity contribution in [2.24, 2.45) is 5.92 Å². The lowest BCUT2D eigenvalue weighted by molar-refractivity contribution is -0.117. The van der Waals surface area contributed by atoms with Gasteiger partial charge in [0.15, 0.2) is 0 Å². The molecule has 2 heterocycles. The molecule has 3 aromatic rings. The van der Waals surface area contributed by atoms with Gasteiger partial charge < -0.3 is 10.2 Å². The first kappa shape index (κ1) is 17.2. The second kappa shape index (κ2) is 7.19. The molecule has 2 aromatic heterocycles. The molecule has 4 rings (SSSR count). The van der Waals surface area contributed by atoms with Gasteiger partial charge in [-0.3, -0.25) is 9.78 Å². The summed E-state index contributed by atoms with van der Waals surface area (Å²) in [5.74, 6) is 1.25. The first-order chi connectivity index (χ1) is 13.1. The maximum absolute atomic E-state index is 12.5. The SMILES string of the molecule is CN(C)c1ccc(-c2ccc(NC(=O)C3CC3c3ccccn3)cc2)cn1.